The van der Waals surface area contributed by atoms with E-state index in [1.165, 1.54) is 10.3 Å². The zero-order chi connectivity index (χ0) is 14.1. The van der Waals surface area contributed by atoms with Gasteiger partial charge in [0.05, 0.1) is 14.7 Å². The molecule has 0 atom stereocenters. The number of aromatic nitrogens is 1. The predicted molar refractivity (Wildman–Crippen MR) is 89.1 cm³/mol. The Labute approximate surface area is 129 Å². The molecule has 1 aromatic heterocycles. The monoisotopic (exact) mass is 345 g/mol. The summed E-state index contributed by atoms with van der Waals surface area (Å²) in [4.78, 5) is 4.60. The van der Waals surface area contributed by atoms with Crippen LogP contribution < -0.4 is 0 Å². The van der Waals surface area contributed by atoms with Gasteiger partial charge in [0.15, 0.2) is 0 Å². The van der Waals surface area contributed by atoms with Gasteiger partial charge < -0.3 is 5.11 Å². The predicted octanol–water partition coefficient (Wildman–Crippen LogP) is 5.24. The molecule has 0 saturated carbocycles. The molecule has 3 aromatic rings. The van der Waals surface area contributed by atoms with Gasteiger partial charge in [0, 0.05) is 0 Å². The number of hydrogen-bond donors (Lipinski definition) is 1. The van der Waals surface area contributed by atoms with Crippen molar-refractivity contribution in [2.75, 3.05) is 0 Å². The molecule has 3 rings (SSSR count). The Hall–Kier alpha value is -1.65. The number of thiazole rings is 1. The second-order valence-electron chi connectivity index (χ2n) is 4.57. The van der Waals surface area contributed by atoms with Crippen LogP contribution in [0.5, 0.6) is 5.75 Å². The van der Waals surface area contributed by atoms with E-state index >= 15 is 0 Å². The lowest BCUT2D eigenvalue weighted by atomic mass is 10.2. The Morgan fingerprint density at radius 2 is 2.00 bits per heavy atom. The van der Waals surface area contributed by atoms with Gasteiger partial charge in [-0.2, -0.15) is 0 Å². The van der Waals surface area contributed by atoms with Crippen LogP contribution >= 0.6 is 27.3 Å². The summed E-state index contributed by atoms with van der Waals surface area (Å²) in [7, 11) is 0. The van der Waals surface area contributed by atoms with Crippen molar-refractivity contribution in [3.63, 3.8) is 0 Å². The molecule has 2 nitrogen and oxygen atoms in total. The lowest BCUT2D eigenvalue weighted by Crippen LogP contribution is -1.74. The van der Waals surface area contributed by atoms with Crippen molar-refractivity contribution < 1.29 is 5.11 Å². The number of rotatable bonds is 2. The van der Waals surface area contributed by atoms with E-state index in [2.05, 4.69) is 46.0 Å². The van der Waals surface area contributed by atoms with E-state index in [0.717, 1.165) is 16.1 Å². The quantitative estimate of drug-likeness (QED) is 0.688. The first-order chi connectivity index (χ1) is 9.61. The molecule has 1 heterocycles. The fourth-order valence-corrected chi connectivity index (χ4v) is 3.17. The van der Waals surface area contributed by atoms with Crippen LogP contribution in [0.1, 0.15) is 16.1 Å². The molecule has 0 amide bonds. The molecular weight excluding hydrogens is 334 g/mol. The van der Waals surface area contributed by atoms with Gasteiger partial charge in [-0.25, -0.2) is 4.98 Å². The lowest BCUT2D eigenvalue weighted by Gasteiger charge is -1.97. The largest absolute Gasteiger partial charge is 0.507 e. The van der Waals surface area contributed by atoms with Crippen molar-refractivity contribution in [2.24, 2.45) is 0 Å². The van der Waals surface area contributed by atoms with Crippen LogP contribution in [0.2, 0.25) is 0 Å². The van der Waals surface area contributed by atoms with Gasteiger partial charge in [-0.1, -0.05) is 18.2 Å². The summed E-state index contributed by atoms with van der Waals surface area (Å²) in [6.07, 6.45) is 3.99. The summed E-state index contributed by atoms with van der Waals surface area (Å²) in [5.41, 5.74) is 3.28. The summed E-state index contributed by atoms with van der Waals surface area (Å²) in [5, 5.41) is 10.5. The maximum Gasteiger partial charge on any atom is 0.129 e. The molecule has 1 N–H and O–H groups in total. The average Bonchev–Trinajstić information content (AvgIpc) is 2.82. The average molecular weight is 346 g/mol. The minimum absolute atomic E-state index is 0.248. The highest BCUT2D eigenvalue weighted by Gasteiger charge is 2.01. The second-order valence-corrected chi connectivity index (χ2v) is 6.48. The van der Waals surface area contributed by atoms with Crippen LogP contribution in [0.4, 0.5) is 0 Å². The highest BCUT2D eigenvalue weighted by molar-refractivity contribution is 9.10. The zero-order valence-corrected chi connectivity index (χ0v) is 13.2. The zero-order valence-electron chi connectivity index (χ0n) is 10.8. The van der Waals surface area contributed by atoms with Gasteiger partial charge in [-0.05, 0) is 64.3 Å². The first kappa shape index (κ1) is 13.3. The Morgan fingerprint density at radius 1 is 1.15 bits per heavy atom. The number of phenolic OH excluding ortho intramolecular Hbond substituents is 1. The van der Waals surface area contributed by atoms with E-state index in [4.69, 9.17) is 0 Å². The van der Waals surface area contributed by atoms with Crippen LogP contribution in [-0.4, -0.2) is 10.1 Å². The summed E-state index contributed by atoms with van der Waals surface area (Å²) >= 11 is 4.99. The van der Waals surface area contributed by atoms with Crippen molar-refractivity contribution in [1.82, 2.24) is 4.98 Å². The molecular formula is C16H12BrNOS. The van der Waals surface area contributed by atoms with Crippen molar-refractivity contribution in [2.45, 2.75) is 6.92 Å². The summed E-state index contributed by atoms with van der Waals surface area (Å²) in [5.74, 6) is 0.248. The molecule has 4 heteroatoms. The Kier molecular flexibility index (Phi) is 3.59. The number of benzene rings is 2. The maximum absolute atomic E-state index is 9.47. The van der Waals surface area contributed by atoms with Gasteiger partial charge >= 0.3 is 0 Å². The maximum atomic E-state index is 9.47. The molecule has 100 valence electrons. The van der Waals surface area contributed by atoms with Crippen LogP contribution in [-0.2, 0) is 0 Å². The van der Waals surface area contributed by atoms with E-state index in [-0.39, 0.29) is 5.75 Å². The lowest BCUT2D eigenvalue weighted by molar-refractivity contribution is 0.472. The van der Waals surface area contributed by atoms with E-state index < -0.39 is 0 Å². The van der Waals surface area contributed by atoms with Crippen LogP contribution in [0.25, 0.3) is 22.4 Å². The van der Waals surface area contributed by atoms with Gasteiger partial charge in [0.1, 0.15) is 10.8 Å². The molecule has 0 aliphatic heterocycles. The van der Waals surface area contributed by atoms with Crippen molar-refractivity contribution in [3.8, 4) is 5.75 Å². The van der Waals surface area contributed by atoms with E-state index in [0.29, 0.717) is 4.47 Å². The molecule has 0 unspecified atom stereocenters. The molecule has 0 radical (unpaired) electrons. The van der Waals surface area contributed by atoms with Crippen LogP contribution in [0.15, 0.2) is 40.9 Å². The van der Waals surface area contributed by atoms with Crippen LogP contribution in [0, 0.1) is 6.92 Å². The number of phenols is 1. The van der Waals surface area contributed by atoms with Gasteiger partial charge in [0.25, 0.3) is 0 Å². The standard InChI is InChI=1S/C16H12BrNOS/c1-10-2-6-15-13(8-10)18-16(20-15)7-4-11-3-5-14(19)12(17)9-11/h2-9,19H,1H3/b7-4+. The van der Waals surface area contributed by atoms with Crippen molar-refractivity contribution in [1.29, 1.82) is 0 Å². The van der Waals surface area contributed by atoms with E-state index in [1.807, 2.05) is 24.3 Å². The number of aromatic hydroxyl groups is 1. The number of nitrogens with zero attached hydrogens (tertiary/aromatic N) is 1. The first-order valence-electron chi connectivity index (χ1n) is 6.15. The highest BCUT2D eigenvalue weighted by atomic mass is 79.9. The topological polar surface area (TPSA) is 33.1 Å². The van der Waals surface area contributed by atoms with Gasteiger partial charge in [-0.3, -0.25) is 0 Å². The fraction of sp³-hybridized carbons (Fsp3) is 0.0625. The SMILES string of the molecule is Cc1ccc2sc(/C=C/c3ccc(O)c(Br)c3)nc2c1. The number of aryl methyl sites for hydroxylation is 1. The fourth-order valence-electron chi connectivity index (χ4n) is 1.92. The third kappa shape index (κ3) is 2.76. The molecule has 0 bridgehead atoms. The Balaban J connectivity index is 1.91. The summed E-state index contributed by atoms with van der Waals surface area (Å²) in [6.45, 7) is 2.07. The molecule has 0 aliphatic rings. The number of fused-ring (bicyclic) bond motifs is 1. The van der Waals surface area contributed by atoms with Crippen molar-refractivity contribution >= 4 is 49.6 Å². The third-order valence-corrected chi connectivity index (χ3v) is 4.59. The third-order valence-electron chi connectivity index (χ3n) is 2.95. The summed E-state index contributed by atoms with van der Waals surface area (Å²) in [6, 6.07) is 11.7. The van der Waals surface area contributed by atoms with Crippen LogP contribution in [0.3, 0.4) is 0 Å². The van der Waals surface area contributed by atoms with Crippen molar-refractivity contribution in [3.05, 3.63) is 57.0 Å². The van der Waals surface area contributed by atoms with Gasteiger partial charge in [-0.15, -0.1) is 11.3 Å². The second kappa shape index (κ2) is 5.38. The molecule has 20 heavy (non-hydrogen) atoms. The highest BCUT2D eigenvalue weighted by Crippen LogP contribution is 2.27. The molecule has 0 fully saturated rings. The number of halogens is 1. The Bertz CT molecular complexity index is 807. The normalized spacial score (nSPS) is 11.5. The summed E-state index contributed by atoms with van der Waals surface area (Å²) < 4.78 is 1.89. The minimum atomic E-state index is 0.248. The first-order valence-corrected chi connectivity index (χ1v) is 7.76. The molecule has 0 spiro atoms. The van der Waals surface area contributed by atoms with Gasteiger partial charge in [0.2, 0.25) is 0 Å². The molecule has 0 saturated heterocycles. The molecule has 2 aromatic carbocycles. The van der Waals surface area contributed by atoms with E-state index in [1.54, 1.807) is 17.4 Å². The van der Waals surface area contributed by atoms with E-state index in [9.17, 15) is 5.11 Å². The number of hydrogen-bond acceptors (Lipinski definition) is 3. The smallest absolute Gasteiger partial charge is 0.129 e. The Morgan fingerprint density at radius 3 is 2.80 bits per heavy atom. The molecule has 0 aliphatic carbocycles. The minimum Gasteiger partial charge on any atom is -0.507 e.